The molecule has 0 spiro atoms. The third-order valence-corrected chi connectivity index (χ3v) is 3.98. The minimum atomic E-state index is 0. The molecule has 2 N–H and O–H groups in total. The Balaban J connectivity index is 0.00000200. The fourth-order valence-corrected chi connectivity index (χ4v) is 2.39. The quantitative estimate of drug-likeness (QED) is 0.430. The predicted molar refractivity (Wildman–Crippen MR) is 97.4 cm³/mol. The molecule has 1 saturated carbocycles. The number of aliphatic imine (C=N–C) groups is 1. The van der Waals surface area contributed by atoms with Gasteiger partial charge in [0.05, 0.1) is 12.2 Å². The zero-order valence-corrected chi connectivity index (χ0v) is 15.5. The molecule has 1 aromatic heterocycles. The molecule has 1 aliphatic carbocycles. The number of rotatable bonds is 6. The first kappa shape index (κ1) is 17.5. The van der Waals surface area contributed by atoms with Crippen LogP contribution >= 0.6 is 35.3 Å². The molecule has 2 rings (SSSR count). The average molecular weight is 409 g/mol. The van der Waals surface area contributed by atoms with Gasteiger partial charge in [-0.05, 0) is 25.7 Å². The van der Waals surface area contributed by atoms with E-state index in [2.05, 4.69) is 32.9 Å². The second-order valence-corrected chi connectivity index (χ2v) is 5.87. The molecular formula is C13H24IN5S. The van der Waals surface area contributed by atoms with Gasteiger partial charge in [-0.25, -0.2) is 9.98 Å². The molecule has 0 saturated heterocycles. The third kappa shape index (κ3) is 5.82. The Labute approximate surface area is 142 Å². The van der Waals surface area contributed by atoms with Crippen molar-refractivity contribution in [2.75, 3.05) is 32.1 Å². The van der Waals surface area contributed by atoms with Crippen LogP contribution in [-0.4, -0.2) is 38.1 Å². The highest BCUT2D eigenvalue weighted by molar-refractivity contribution is 14.0. The summed E-state index contributed by atoms with van der Waals surface area (Å²) in [7, 11) is 4.01. The highest BCUT2D eigenvalue weighted by Crippen LogP contribution is 2.27. The number of aromatic nitrogens is 1. The summed E-state index contributed by atoms with van der Waals surface area (Å²) in [6.45, 7) is 4.63. The summed E-state index contributed by atoms with van der Waals surface area (Å²) in [6.07, 6.45) is 2.70. The molecule has 114 valence electrons. The predicted octanol–water partition coefficient (Wildman–Crippen LogP) is 2.29. The van der Waals surface area contributed by atoms with Crippen LogP contribution in [0.2, 0.25) is 0 Å². The molecule has 0 atom stereocenters. The van der Waals surface area contributed by atoms with Crippen molar-refractivity contribution in [2.24, 2.45) is 10.9 Å². The number of hydrogen-bond donors (Lipinski definition) is 2. The molecule has 20 heavy (non-hydrogen) atoms. The first-order valence-corrected chi connectivity index (χ1v) is 7.71. The maximum absolute atomic E-state index is 4.58. The number of guanidine groups is 1. The lowest BCUT2D eigenvalue weighted by molar-refractivity contribution is 0.738. The molecule has 0 aliphatic heterocycles. The zero-order valence-electron chi connectivity index (χ0n) is 12.3. The Morgan fingerprint density at radius 2 is 2.20 bits per heavy atom. The summed E-state index contributed by atoms with van der Waals surface area (Å²) in [5.74, 6) is 1.75. The van der Waals surface area contributed by atoms with Crippen LogP contribution in [0.5, 0.6) is 0 Å². The van der Waals surface area contributed by atoms with Gasteiger partial charge in [-0.2, -0.15) is 0 Å². The van der Waals surface area contributed by atoms with Crippen molar-refractivity contribution >= 4 is 46.4 Å². The van der Waals surface area contributed by atoms with Gasteiger partial charge in [0.2, 0.25) is 0 Å². The molecule has 5 nitrogen and oxygen atoms in total. The minimum absolute atomic E-state index is 0. The first-order chi connectivity index (χ1) is 9.19. The molecule has 0 aromatic carbocycles. The summed E-state index contributed by atoms with van der Waals surface area (Å²) in [5, 5.41) is 9.76. The topological polar surface area (TPSA) is 52.6 Å². The highest BCUT2D eigenvalue weighted by atomic mass is 127. The summed E-state index contributed by atoms with van der Waals surface area (Å²) in [5.41, 5.74) is 1.03. The van der Waals surface area contributed by atoms with E-state index in [1.54, 1.807) is 11.3 Å². The van der Waals surface area contributed by atoms with E-state index in [9.17, 15) is 0 Å². The second-order valence-electron chi connectivity index (χ2n) is 5.04. The Kier molecular flexibility index (Phi) is 7.57. The molecule has 1 aliphatic rings. The van der Waals surface area contributed by atoms with E-state index in [1.165, 1.54) is 12.8 Å². The van der Waals surface area contributed by atoms with Gasteiger partial charge in [0.1, 0.15) is 0 Å². The summed E-state index contributed by atoms with van der Waals surface area (Å²) in [6, 6.07) is 0. The van der Waals surface area contributed by atoms with Crippen LogP contribution in [0.1, 0.15) is 25.5 Å². The maximum Gasteiger partial charge on any atom is 0.191 e. The summed E-state index contributed by atoms with van der Waals surface area (Å²) < 4.78 is 0. The Bertz CT molecular complexity index is 428. The van der Waals surface area contributed by atoms with Gasteiger partial charge < -0.3 is 15.5 Å². The van der Waals surface area contributed by atoms with E-state index in [0.29, 0.717) is 6.54 Å². The van der Waals surface area contributed by atoms with Gasteiger partial charge in [-0.1, -0.05) is 0 Å². The van der Waals surface area contributed by atoms with Crippen molar-refractivity contribution < 1.29 is 0 Å². The van der Waals surface area contributed by atoms with Crippen LogP contribution in [0, 0.1) is 5.92 Å². The normalized spacial score (nSPS) is 14.7. The van der Waals surface area contributed by atoms with Gasteiger partial charge in [-0.3, -0.25) is 0 Å². The van der Waals surface area contributed by atoms with E-state index >= 15 is 0 Å². The van der Waals surface area contributed by atoms with Crippen molar-refractivity contribution in [3.63, 3.8) is 0 Å². The summed E-state index contributed by atoms with van der Waals surface area (Å²) >= 11 is 1.66. The van der Waals surface area contributed by atoms with Gasteiger partial charge in [0.15, 0.2) is 11.1 Å². The Hall–Kier alpha value is -0.570. The van der Waals surface area contributed by atoms with Crippen molar-refractivity contribution in [2.45, 2.75) is 26.3 Å². The monoisotopic (exact) mass is 409 g/mol. The highest BCUT2D eigenvalue weighted by Gasteiger charge is 2.21. The maximum atomic E-state index is 4.58. The summed E-state index contributed by atoms with van der Waals surface area (Å²) in [4.78, 5) is 11.1. The van der Waals surface area contributed by atoms with Crippen LogP contribution in [-0.2, 0) is 6.54 Å². The Morgan fingerprint density at radius 1 is 1.45 bits per heavy atom. The van der Waals surface area contributed by atoms with Crippen LogP contribution < -0.4 is 15.5 Å². The van der Waals surface area contributed by atoms with Gasteiger partial charge in [-0.15, -0.1) is 35.3 Å². The van der Waals surface area contributed by atoms with E-state index in [0.717, 1.165) is 35.8 Å². The molecule has 0 bridgehead atoms. The number of anilines is 1. The van der Waals surface area contributed by atoms with Crippen LogP contribution in [0.3, 0.4) is 0 Å². The van der Waals surface area contributed by atoms with Crippen LogP contribution in [0.4, 0.5) is 5.13 Å². The standard InChI is InChI=1S/C13H23N5S.HI/c1-4-14-12(15-7-10-5-6-10)16-8-11-9-19-13(17-11)18(2)3;/h9-10H,4-8H2,1-3H3,(H2,14,15,16);1H. The zero-order chi connectivity index (χ0) is 13.7. The number of nitrogens with zero attached hydrogens (tertiary/aromatic N) is 3. The van der Waals surface area contributed by atoms with Crippen molar-refractivity contribution in [3.8, 4) is 0 Å². The molecular weight excluding hydrogens is 385 g/mol. The number of halogens is 1. The van der Waals surface area contributed by atoms with Crippen LogP contribution in [0.15, 0.2) is 10.4 Å². The van der Waals surface area contributed by atoms with Crippen molar-refractivity contribution in [1.82, 2.24) is 15.6 Å². The van der Waals surface area contributed by atoms with E-state index < -0.39 is 0 Å². The van der Waals surface area contributed by atoms with Gasteiger partial charge in [0, 0.05) is 32.6 Å². The lowest BCUT2D eigenvalue weighted by atomic mass is 10.4. The van der Waals surface area contributed by atoms with E-state index in [1.807, 2.05) is 19.0 Å². The molecule has 1 heterocycles. The van der Waals surface area contributed by atoms with E-state index in [-0.39, 0.29) is 24.0 Å². The van der Waals surface area contributed by atoms with Crippen molar-refractivity contribution in [1.29, 1.82) is 0 Å². The van der Waals surface area contributed by atoms with E-state index in [4.69, 9.17) is 0 Å². The fourth-order valence-electron chi connectivity index (χ4n) is 1.64. The smallest absolute Gasteiger partial charge is 0.191 e. The minimum Gasteiger partial charge on any atom is -0.357 e. The molecule has 1 fully saturated rings. The molecule has 1 aromatic rings. The average Bonchev–Trinajstić information content (AvgIpc) is 3.08. The molecule has 0 amide bonds. The number of thiazole rings is 1. The van der Waals surface area contributed by atoms with Crippen molar-refractivity contribution in [3.05, 3.63) is 11.1 Å². The van der Waals surface area contributed by atoms with Crippen LogP contribution in [0.25, 0.3) is 0 Å². The SMILES string of the molecule is CCNC(=NCc1csc(N(C)C)n1)NCC1CC1.I. The molecule has 0 radical (unpaired) electrons. The first-order valence-electron chi connectivity index (χ1n) is 6.83. The Morgan fingerprint density at radius 3 is 2.75 bits per heavy atom. The lowest BCUT2D eigenvalue weighted by Gasteiger charge is -2.10. The molecule has 0 unspecified atom stereocenters. The fraction of sp³-hybridized carbons (Fsp3) is 0.692. The van der Waals surface area contributed by atoms with Gasteiger partial charge in [0.25, 0.3) is 0 Å². The third-order valence-electron chi connectivity index (χ3n) is 2.92. The molecule has 7 heteroatoms. The van der Waals surface area contributed by atoms with Gasteiger partial charge >= 0.3 is 0 Å². The number of nitrogens with one attached hydrogen (secondary N) is 2. The number of hydrogen-bond acceptors (Lipinski definition) is 4. The second kappa shape index (κ2) is 8.66. The lowest BCUT2D eigenvalue weighted by Crippen LogP contribution is -2.38. The largest absolute Gasteiger partial charge is 0.357 e.